The van der Waals surface area contributed by atoms with Gasteiger partial charge in [-0.15, -0.1) is 5.10 Å². The summed E-state index contributed by atoms with van der Waals surface area (Å²) >= 11 is 0.858. The normalized spacial score (nSPS) is 12.3. The van der Waals surface area contributed by atoms with Crippen LogP contribution < -0.4 is 5.73 Å². The van der Waals surface area contributed by atoms with Gasteiger partial charge in [-0.1, -0.05) is 32.5 Å². The van der Waals surface area contributed by atoms with Gasteiger partial charge in [0.25, 0.3) is 0 Å². The molecule has 1 aromatic rings. The number of nitrogens with two attached hydrogens (primary N) is 1. The molecule has 0 aliphatic heterocycles. The zero-order valence-corrected chi connectivity index (χ0v) is 14.2. The van der Waals surface area contributed by atoms with Crippen molar-refractivity contribution in [1.29, 1.82) is 0 Å². The van der Waals surface area contributed by atoms with Crippen molar-refractivity contribution in [3.05, 3.63) is 5.82 Å². The molecule has 8 nitrogen and oxygen atoms in total. The van der Waals surface area contributed by atoms with E-state index in [0.717, 1.165) is 16.4 Å². The smallest absolute Gasteiger partial charge is 0.346 e. The Kier molecular flexibility index (Phi) is 6.10. The molecule has 0 fully saturated rings. The first-order valence-electron chi connectivity index (χ1n) is 6.86. The molecule has 22 heavy (non-hydrogen) atoms. The van der Waals surface area contributed by atoms with Crippen molar-refractivity contribution in [3.8, 4) is 0 Å². The Morgan fingerprint density at radius 1 is 1.32 bits per heavy atom. The van der Waals surface area contributed by atoms with Gasteiger partial charge < -0.3 is 10.6 Å². The first kappa shape index (κ1) is 18.1. The van der Waals surface area contributed by atoms with Crippen molar-refractivity contribution in [2.75, 3.05) is 14.1 Å². The minimum Gasteiger partial charge on any atom is -0.368 e. The fraction of sp³-hybridized carbons (Fsp3) is 0.615. The maximum Gasteiger partial charge on any atom is 0.346 e. The van der Waals surface area contributed by atoms with Crippen LogP contribution in [0, 0.1) is 0 Å². The van der Waals surface area contributed by atoms with Crippen LogP contribution >= 0.6 is 11.8 Å². The lowest BCUT2D eigenvalue weighted by Gasteiger charge is -2.13. The van der Waals surface area contributed by atoms with Gasteiger partial charge in [0.1, 0.15) is 5.25 Å². The van der Waals surface area contributed by atoms with E-state index in [0.29, 0.717) is 5.82 Å². The highest BCUT2D eigenvalue weighted by atomic mass is 32.2. The number of hydrogen-bond donors (Lipinski definition) is 1. The number of rotatable bonds is 6. The molecular weight excluding hydrogens is 306 g/mol. The molecule has 0 radical (unpaired) electrons. The van der Waals surface area contributed by atoms with Gasteiger partial charge in [0.2, 0.25) is 5.91 Å². The van der Waals surface area contributed by atoms with Crippen LogP contribution in [0.5, 0.6) is 0 Å². The van der Waals surface area contributed by atoms with Crippen LogP contribution in [0.3, 0.4) is 0 Å². The van der Waals surface area contributed by atoms with Crippen molar-refractivity contribution in [2.24, 2.45) is 5.73 Å². The van der Waals surface area contributed by atoms with Crippen LogP contribution in [-0.4, -0.2) is 56.7 Å². The van der Waals surface area contributed by atoms with Gasteiger partial charge in [-0.2, -0.15) is 4.68 Å². The molecule has 1 aromatic heterocycles. The van der Waals surface area contributed by atoms with Gasteiger partial charge in [-0.3, -0.25) is 9.59 Å². The zero-order valence-electron chi connectivity index (χ0n) is 13.4. The van der Waals surface area contributed by atoms with Crippen molar-refractivity contribution in [2.45, 2.75) is 43.5 Å². The zero-order chi connectivity index (χ0) is 17.0. The van der Waals surface area contributed by atoms with Crippen LogP contribution in [0.15, 0.2) is 5.16 Å². The molecule has 0 spiro atoms. The van der Waals surface area contributed by atoms with Crippen LogP contribution in [0.1, 0.15) is 38.9 Å². The standard InChI is InChI=1S/C13H21N5O3S/c1-6-8(19)9(10(14)20)22-12-15-11(7(2)3)16-18(12)13(21)17(4)5/h7,9H,6H2,1-5H3,(H2,14,20). The quantitative estimate of drug-likeness (QED) is 0.612. The second-order valence-electron chi connectivity index (χ2n) is 5.22. The summed E-state index contributed by atoms with van der Waals surface area (Å²) in [4.78, 5) is 41.1. The summed E-state index contributed by atoms with van der Waals surface area (Å²) in [6, 6.07) is -0.408. The van der Waals surface area contributed by atoms with Crippen LogP contribution in [0.4, 0.5) is 4.79 Å². The monoisotopic (exact) mass is 327 g/mol. The lowest BCUT2D eigenvalue weighted by atomic mass is 10.2. The molecule has 122 valence electrons. The summed E-state index contributed by atoms with van der Waals surface area (Å²) in [5.41, 5.74) is 5.28. The Balaban J connectivity index is 3.23. The number of amides is 2. The summed E-state index contributed by atoms with van der Waals surface area (Å²) in [5, 5.41) is 3.27. The predicted molar refractivity (Wildman–Crippen MR) is 82.7 cm³/mol. The molecule has 0 saturated heterocycles. The highest BCUT2D eigenvalue weighted by Gasteiger charge is 2.29. The van der Waals surface area contributed by atoms with E-state index < -0.39 is 17.2 Å². The van der Waals surface area contributed by atoms with Gasteiger partial charge in [-0.25, -0.2) is 9.78 Å². The first-order chi connectivity index (χ1) is 10.2. The molecule has 0 aliphatic carbocycles. The Hall–Kier alpha value is -1.90. The van der Waals surface area contributed by atoms with E-state index in [9.17, 15) is 14.4 Å². The van der Waals surface area contributed by atoms with Crippen molar-refractivity contribution in [1.82, 2.24) is 19.7 Å². The Bertz CT molecular complexity index is 582. The molecule has 9 heteroatoms. The minimum absolute atomic E-state index is 0.00414. The third-order valence-corrected chi connectivity index (χ3v) is 4.00. The van der Waals surface area contributed by atoms with Crippen molar-refractivity contribution < 1.29 is 14.4 Å². The SMILES string of the molecule is CCC(=O)C(Sc1nc(C(C)C)nn1C(=O)N(C)C)C(N)=O. The topological polar surface area (TPSA) is 111 Å². The van der Waals surface area contributed by atoms with Gasteiger partial charge in [-0.05, 0) is 0 Å². The van der Waals surface area contributed by atoms with Gasteiger partial charge in [0, 0.05) is 26.4 Å². The van der Waals surface area contributed by atoms with Crippen LogP contribution in [-0.2, 0) is 9.59 Å². The number of Topliss-reactive ketones (excluding diaryl/α,β-unsaturated/α-hetero) is 1. The number of ketones is 1. The van der Waals surface area contributed by atoms with Gasteiger partial charge >= 0.3 is 6.03 Å². The number of hydrogen-bond acceptors (Lipinski definition) is 6. The highest BCUT2D eigenvalue weighted by Crippen LogP contribution is 2.25. The largest absolute Gasteiger partial charge is 0.368 e. The fourth-order valence-electron chi connectivity index (χ4n) is 1.52. The summed E-state index contributed by atoms with van der Waals surface area (Å²) in [7, 11) is 3.16. The molecule has 1 heterocycles. The van der Waals surface area contributed by atoms with E-state index >= 15 is 0 Å². The number of thioether (sulfide) groups is 1. The van der Waals surface area contributed by atoms with E-state index in [4.69, 9.17) is 5.73 Å². The van der Waals surface area contributed by atoms with E-state index in [1.807, 2.05) is 13.8 Å². The van der Waals surface area contributed by atoms with E-state index in [1.54, 1.807) is 21.0 Å². The average Bonchev–Trinajstić information content (AvgIpc) is 2.86. The number of carbonyl (C=O) groups is 3. The summed E-state index contributed by atoms with van der Waals surface area (Å²) in [5.74, 6) is -0.598. The lowest BCUT2D eigenvalue weighted by molar-refractivity contribution is -0.125. The molecule has 1 unspecified atom stereocenters. The Morgan fingerprint density at radius 2 is 1.91 bits per heavy atom. The van der Waals surface area contributed by atoms with Crippen molar-refractivity contribution in [3.63, 3.8) is 0 Å². The third kappa shape index (κ3) is 4.06. The summed E-state index contributed by atoms with van der Waals surface area (Å²) in [6.07, 6.45) is 0.174. The molecule has 1 rings (SSSR count). The Labute approximate surface area is 133 Å². The highest BCUT2D eigenvalue weighted by molar-refractivity contribution is 8.01. The summed E-state index contributed by atoms with van der Waals surface area (Å²) in [6.45, 7) is 5.42. The molecule has 0 saturated carbocycles. The molecule has 2 N–H and O–H groups in total. The second-order valence-corrected chi connectivity index (χ2v) is 6.29. The predicted octanol–water partition coefficient (Wildman–Crippen LogP) is 0.856. The maximum absolute atomic E-state index is 12.2. The maximum atomic E-state index is 12.2. The second kappa shape index (κ2) is 7.39. The third-order valence-electron chi connectivity index (χ3n) is 2.80. The minimum atomic E-state index is -1.08. The number of primary amides is 1. The molecule has 1 atom stereocenters. The van der Waals surface area contributed by atoms with E-state index in [-0.39, 0.29) is 23.3 Å². The first-order valence-corrected chi connectivity index (χ1v) is 7.74. The van der Waals surface area contributed by atoms with Crippen LogP contribution in [0.25, 0.3) is 0 Å². The number of nitrogens with zero attached hydrogens (tertiary/aromatic N) is 4. The molecule has 0 aliphatic rings. The molecule has 2 amide bonds. The average molecular weight is 327 g/mol. The van der Waals surface area contributed by atoms with Gasteiger partial charge in [0.05, 0.1) is 0 Å². The van der Waals surface area contributed by atoms with Gasteiger partial charge in [0.15, 0.2) is 16.8 Å². The number of carbonyl (C=O) groups excluding carboxylic acids is 3. The number of aromatic nitrogens is 3. The molecular formula is C13H21N5O3S. The molecule has 0 bridgehead atoms. The fourth-order valence-corrected chi connectivity index (χ4v) is 2.51. The Morgan fingerprint density at radius 3 is 2.32 bits per heavy atom. The van der Waals surface area contributed by atoms with Crippen molar-refractivity contribution >= 4 is 29.5 Å². The van der Waals surface area contributed by atoms with E-state index in [1.165, 1.54) is 4.90 Å². The molecule has 0 aromatic carbocycles. The lowest BCUT2D eigenvalue weighted by Crippen LogP contribution is -2.34. The summed E-state index contributed by atoms with van der Waals surface area (Å²) < 4.78 is 1.10. The van der Waals surface area contributed by atoms with E-state index in [2.05, 4.69) is 10.1 Å². The van der Waals surface area contributed by atoms with Crippen LogP contribution in [0.2, 0.25) is 0 Å².